The number of alkyl halides is 2. The van der Waals surface area contributed by atoms with Crippen molar-refractivity contribution in [3.05, 3.63) is 59.7 Å². The molecule has 2 amide bonds. The number of aliphatic carboxylic acids is 1. The van der Waals surface area contributed by atoms with E-state index >= 15 is 0 Å². The number of hydrogen-bond acceptors (Lipinski definition) is 4. The number of carbonyl (C=O) groups excluding carboxylic acids is 2. The monoisotopic (exact) mass is 486 g/mol. The number of ether oxygens (including phenoxy) is 1. The van der Waals surface area contributed by atoms with E-state index in [4.69, 9.17) is 9.84 Å². The molecule has 0 radical (unpaired) electrons. The van der Waals surface area contributed by atoms with Crippen LogP contribution in [0, 0.1) is 17.3 Å². The first-order chi connectivity index (χ1) is 16.5. The van der Waals surface area contributed by atoms with Gasteiger partial charge in [0.1, 0.15) is 12.5 Å². The minimum Gasteiger partial charge on any atom is -0.481 e. The van der Waals surface area contributed by atoms with Crippen LogP contribution in [0.2, 0.25) is 0 Å². The average molecular weight is 487 g/mol. The number of hydrogen-bond donors (Lipinski definition) is 3. The molecule has 2 aromatic rings. The zero-order chi connectivity index (χ0) is 25.4. The molecule has 0 bridgehead atoms. The first-order valence-electron chi connectivity index (χ1n) is 11.5. The molecule has 186 valence electrons. The van der Waals surface area contributed by atoms with Crippen molar-refractivity contribution >= 4 is 18.0 Å². The third-order valence-corrected chi connectivity index (χ3v) is 6.93. The maximum atomic E-state index is 13.5. The highest BCUT2D eigenvalue weighted by Crippen LogP contribution is 2.55. The summed E-state index contributed by atoms with van der Waals surface area (Å²) in [7, 11) is 0. The minimum atomic E-state index is -3.31. The van der Waals surface area contributed by atoms with Crippen molar-refractivity contribution in [2.24, 2.45) is 17.3 Å². The number of carboxylic acid groups (broad SMARTS) is 1. The summed E-state index contributed by atoms with van der Waals surface area (Å²) in [5, 5.41) is 13.9. The Hall–Kier alpha value is -3.49. The van der Waals surface area contributed by atoms with Crippen molar-refractivity contribution in [1.82, 2.24) is 10.6 Å². The number of halogens is 2. The van der Waals surface area contributed by atoms with Gasteiger partial charge in [0.15, 0.2) is 0 Å². The number of nitrogens with one attached hydrogen (secondary N) is 2. The molecule has 2 aliphatic carbocycles. The van der Waals surface area contributed by atoms with Crippen LogP contribution < -0.4 is 10.6 Å². The Morgan fingerprint density at radius 2 is 1.57 bits per heavy atom. The molecular weight excluding hydrogens is 458 g/mol. The van der Waals surface area contributed by atoms with E-state index < -0.39 is 47.7 Å². The molecule has 9 heteroatoms. The summed E-state index contributed by atoms with van der Waals surface area (Å²) >= 11 is 0. The van der Waals surface area contributed by atoms with Crippen molar-refractivity contribution in [2.75, 3.05) is 19.7 Å². The molecule has 1 fully saturated rings. The number of fused-ring (bicyclic) bond motifs is 3. The first-order valence-corrected chi connectivity index (χ1v) is 11.5. The number of alkyl carbamates (subject to hydrolysis) is 1. The van der Waals surface area contributed by atoms with E-state index in [9.17, 15) is 23.2 Å². The van der Waals surface area contributed by atoms with E-state index in [1.807, 2.05) is 48.5 Å². The van der Waals surface area contributed by atoms with Gasteiger partial charge >= 0.3 is 12.1 Å². The van der Waals surface area contributed by atoms with E-state index in [0.717, 1.165) is 22.3 Å². The normalized spacial score (nSPS) is 19.9. The molecule has 0 heterocycles. The van der Waals surface area contributed by atoms with Gasteiger partial charge in [-0.1, -0.05) is 62.4 Å². The van der Waals surface area contributed by atoms with Gasteiger partial charge in [-0.25, -0.2) is 13.6 Å². The van der Waals surface area contributed by atoms with E-state index in [1.165, 1.54) is 0 Å². The van der Waals surface area contributed by atoms with E-state index in [2.05, 4.69) is 10.6 Å². The lowest BCUT2D eigenvalue weighted by atomic mass is 9.88. The maximum absolute atomic E-state index is 13.5. The lowest BCUT2D eigenvalue weighted by Gasteiger charge is -2.23. The minimum absolute atomic E-state index is 0.0643. The van der Waals surface area contributed by atoms with Crippen LogP contribution in [0.3, 0.4) is 0 Å². The fourth-order valence-corrected chi connectivity index (χ4v) is 4.66. The molecule has 0 aromatic heterocycles. The summed E-state index contributed by atoms with van der Waals surface area (Å²) < 4.78 is 32.5. The molecule has 3 N–H and O–H groups in total. The molecule has 0 saturated heterocycles. The molecule has 35 heavy (non-hydrogen) atoms. The molecule has 0 aliphatic heterocycles. The SMILES string of the molecule is CC(C)(CCNC(=O)OCC1c2ccccc2-c2ccccc21)C(=O)NCC1C(C(=O)O)C1(F)F. The quantitative estimate of drug-likeness (QED) is 0.497. The van der Waals surface area contributed by atoms with Crippen molar-refractivity contribution in [3.8, 4) is 11.1 Å². The van der Waals surface area contributed by atoms with Gasteiger partial charge in [0.25, 0.3) is 5.92 Å². The Labute approximate surface area is 201 Å². The molecule has 4 rings (SSSR count). The Morgan fingerprint density at radius 1 is 1.00 bits per heavy atom. The van der Waals surface area contributed by atoms with Gasteiger partial charge < -0.3 is 20.5 Å². The summed E-state index contributed by atoms with van der Waals surface area (Å²) in [6.07, 6.45) is -0.364. The van der Waals surface area contributed by atoms with Gasteiger partial charge in [-0.05, 0) is 28.7 Å². The van der Waals surface area contributed by atoms with Crippen molar-refractivity contribution < 1.29 is 33.0 Å². The fourth-order valence-electron chi connectivity index (χ4n) is 4.66. The third kappa shape index (κ3) is 4.85. The molecular formula is C26H28F2N2O5. The standard InChI is InChI=1S/C26H28F2N2O5/c1-25(2,23(33)30-13-20-21(22(31)32)26(20,27)28)11-12-29-24(34)35-14-19-17-9-5-3-7-15(17)16-8-4-6-10-18(16)19/h3-10,19-21H,11-14H2,1-2H3,(H,29,34)(H,30,33)(H,31,32). The van der Waals surface area contributed by atoms with Crippen LogP contribution >= 0.6 is 0 Å². The van der Waals surface area contributed by atoms with Crippen LogP contribution in [0.4, 0.5) is 13.6 Å². The Morgan fingerprint density at radius 3 is 2.11 bits per heavy atom. The predicted octanol–water partition coefficient (Wildman–Crippen LogP) is 4.02. The van der Waals surface area contributed by atoms with Crippen LogP contribution in [-0.4, -0.2) is 48.7 Å². The summed E-state index contributed by atoms with van der Waals surface area (Å²) in [6.45, 7) is 3.16. The van der Waals surface area contributed by atoms with Crippen molar-refractivity contribution in [2.45, 2.75) is 32.1 Å². The first kappa shape index (κ1) is 24.6. The molecule has 2 aromatic carbocycles. The van der Waals surface area contributed by atoms with Gasteiger partial charge in [0.05, 0.1) is 5.92 Å². The van der Waals surface area contributed by atoms with E-state index in [1.54, 1.807) is 13.8 Å². The zero-order valence-electron chi connectivity index (χ0n) is 19.5. The van der Waals surface area contributed by atoms with Gasteiger partial charge in [0, 0.05) is 24.4 Å². The molecule has 2 atom stereocenters. The Bertz CT molecular complexity index is 1100. The van der Waals surface area contributed by atoms with Gasteiger partial charge in [-0.2, -0.15) is 0 Å². The largest absolute Gasteiger partial charge is 0.481 e. The lowest BCUT2D eigenvalue weighted by Crippen LogP contribution is -2.41. The summed E-state index contributed by atoms with van der Waals surface area (Å²) in [4.78, 5) is 35.6. The van der Waals surface area contributed by atoms with Gasteiger partial charge in [-0.3, -0.25) is 9.59 Å². The smallest absolute Gasteiger partial charge is 0.407 e. The van der Waals surface area contributed by atoms with Crippen molar-refractivity contribution in [3.63, 3.8) is 0 Å². The summed E-state index contributed by atoms with van der Waals surface area (Å²) in [5.41, 5.74) is 3.50. The highest BCUT2D eigenvalue weighted by molar-refractivity contribution is 5.82. The predicted molar refractivity (Wildman–Crippen MR) is 124 cm³/mol. The topological polar surface area (TPSA) is 105 Å². The van der Waals surface area contributed by atoms with Crippen LogP contribution in [0.1, 0.15) is 37.3 Å². The number of carbonyl (C=O) groups is 3. The fraction of sp³-hybridized carbons (Fsp3) is 0.423. The number of carboxylic acids is 1. The molecule has 1 saturated carbocycles. The van der Waals surface area contributed by atoms with Gasteiger partial charge in [-0.15, -0.1) is 0 Å². The molecule has 2 unspecified atom stereocenters. The number of benzene rings is 2. The lowest BCUT2D eigenvalue weighted by molar-refractivity contribution is -0.141. The molecule has 7 nitrogen and oxygen atoms in total. The highest BCUT2D eigenvalue weighted by Gasteiger charge is 2.72. The number of amides is 2. The van der Waals surface area contributed by atoms with E-state index in [0.29, 0.717) is 0 Å². The second kappa shape index (κ2) is 9.28. The highest BCUT2D eigenvalue weighted by atomic mass is 19.3. The number of rotatable bonds is 9. The van der Waals surface area contributed by atoms with Crippen LogP contribution in [0.5, 0.6) is 0 Å². The van der Waals surface area contributed by atoms with Gasteiger partial charge in [0.2, 0.25) is 5.91 Å². The van der Waals surface area contributed by atoms with E-state index in [-0.39, 0.29) is 25.5 Å². The summed E-state index contributed by atoms with van der Waals surface area (Å²) in [6, 6.07) is 16.0. The van der Waals surface area contributed by atoms with Crippen molar-refractivity contribution in [1.29, 1.82) is 0 Å². The second-order valence-corrected chi connectivity index (χ2v) is 9.69. The van der Waals surface area contributed by atoms with Crippen LogP contribution in [0.25, 0.3) is 11.1 Å². The molecule has 0 spiro atoms. The second-order valence-electron chi connectivity index (χ2n) is 9.69. The van der Waals surface area contributed by atoms with Crippen LogP contribution in [0.15, 0.2) is 48.5 Å². The summed E-state index contributed by atoms with van der Waals surface area (Å²) in [5.74, 6) is -8.60. The third-order valence-electron chi connectivity index (χ3n) is 6.93. The molecule has 2 aliphatic rings. The average Bonchev–Trinajstić information content (AvgIpc) is 3.23. The Balaban J connectivity index is 1.23. The van der Waals surface area contributed by atoms with Crippen LogP contribution in [-0.2, 0) is 14.3 Å². The zero-order valence-corrected chi connectivity index (χ0v) is 19.5. The Kier molecular flexibility index (Phi) is 6.53. The maximum Gasteiger partial charge on any atom is 0.407 e.